The van der Waals surface area contributed by atoms with Gasteiger partial charge in [0, 0.05) is 23.7 Å². The Morgan fingerprint density at radius 3 is 2.14 bits per heavy atom. The summed E-state index contributed by atoms with van der Waals surface area (Å²) < 4.78 is 91.0. The minimum absolute atomic E-state index is 0.00716. The van der Waals surface area contributed by atoms with Gasteiger partial charge in [-0.3, -0.25) is 4.57 Å². The van der Waals surface area contributed by atoms with Gasteiger partial charge >= 0.3 is 18.4 Å². The number of ether oxygens (including phenoxy) is 2. The number of nitrogens with one attached hydrogen (secondary N) is 1. The fraction of sp³-hybridized carbons (Fsp3) is 0.292. The molecule has 0 spiro atoms. The predicted molar refractivity (Wildman–Crippen MR) is 118 cm³/mol. The smallest absolute Gasteiger partial charge is 0.416 e. The molecule has 1 aromatic heterocycles. The molecule has 3 rings (SSSR count). The average Bonchev–Trinajstić information content (AvgIpc) is 3.09. The monoisotopic (exact) mass is 500 g/mol. The molecule has 1 N–H and O–H groups in total. The van der Waals surface area contributed by atoms with E-state index in [9.17, 15) is 31.1 Å². The molecule has 0 saturated carbocycles. The Bertz CT molecular complexity index is 1230. The largest absolute Gasteiger partial charge is 0.497 e. The standard InChI is InChI=1S/C24H22F6N2O3/c1-5-35-22(2,3)12-14-13-32(20-7-6-18(34-4)11-19(14)20)21(33)31-17-9-15(23(25,26)27)8-16(10-17)24(28,29)30/h5-11,13H,1,12H2,2-4H3,(H,31,33). The van der Waals surface area contributed by atoms with E-state index in [0.29, 0.717) is 40.8 Å². The van der Waals surface area contributed by atoms with Crippen molar-refractivity contribution in [3.63, 3.8) is 0 Å². The van der Waals surface area contributed by atoms with Crippen LogP contribution >= 0.6 is 0 Å². The number of halogens is 6. The van der Waals surface area contributed by atoms with Crippen LogP contribution in [0.4, 0.5) is 36.8 Å². The number of rotatable bonds is 6. The molecule has 0 aliphatic carbocycles. The SMILES string of the molecule is C=COC(C)(C)Cc1cn(C(=O)Nc2cc(C(F)(F)F)cc(C(F)(F)F)c2)c2ccc(OC)cc12. The second-order valence-corrected chi connectivity index (χ2v) is 8.35. The highest BCUT2D eigenvalue weighted by molar-refractivity contribution is 6.00. The van der Waals surface area contributed by atoms with Crippen LogP contribution in [0.15, 0.2) is 55.4 Å². The number of hydrogen-bond acceptors (Lipinski definition) is 3. The van der Waals surface area contributed by atoms with Gasteiger partial charge in [0.1, 0.15) is 11.4 Å². The maximum atomic E-state index is 13.2. The molecule has 188 valence electrons. The van der Waals surface area contributed by atoms with Crippen LogP contribution in [0.5, 0.6) is 5.75 Å². The Kier molecular flexibility index (Phi) is 6.83. The second kappa shape index (κ2) is 9.20. The maximum absolute atomic E-state index is 13.2. The van der Waals surface area contributed by atoms with E-state index in [-0.39, 0.29) is 6.07 Å². The van der Waals surface area contributed by atoms with Gasteiger partial charge in [0.2, 0.25) is 0 Å². The Balaban J connectivity index is 2.07. The fourth-order valence-corrected chi connectivity index (χ4v) is 3.65. The van der Waals surface area contributed by atoms with Crippen LogP contribution in [-0.4, -0.2) is 23.3 Å². The van der Waals surface area contributed by atoms with Gasteiger partial charge in [0.05, 0.1) is 30.0 Å². The molecule has 2 aromatic carbocycles. The third-order valence-electron chi connectivity index (χ3n) is 5.17. The van der Waals surface area contributed by atoms with Crippen LogP contribution < -0.4 is 10.1 Å². The lowest BCUT2D eigenvalue weighted by Crippen LogP contribution is -2.25. The zero-order valence-corrected chi connectivity index (χ0v) is 19.0. The van der Waals surface area contributed by atoms with Gasteiger partial charge in [-0.1, -0.05) is 6.58 Å². The molecule has 3 aromatic rings. The Hall–Kier alpha value is -3.63. The van der Waals surface area contributed by atoms with Crippen LogP contribution in [0.25, 0.3) is 10.9 Å². The van der Waals surface area contributed by atoms with E-state index in [0.717, 1.165) is 4.57 Å². The third-order valence-corrected chi connectivity index (χ3v) is 5.17. The zero-order chi connectivity index (χ0) is 26.2. The van der Waals surface area contributed by atoms with Crippen molar-refractivity contribution >= 4 is 22.6 Å². The van der Waals surface area contributed by atoms with Crippen molar-refractivity contribution in [1.82, 2.24) is 4.57 Å². The van der Waals surface area contributed by atoms with Crippen LogP contribution in [0.2, 0.25) is 0 Å². The minimum Gasteiger partial charge on any atom is -0.497 e. The predicted octanol–water partition coefficient (Wildman–Crippen LogP) is 7.25. The van der Waals surface area contributed by atoms with Crippen molar-refractivity contribution in [3.05, 3.63) is 72.1 Å². The molecule has 1 amide bonds. The number of methoxy groups -OCH3 is 1. The lowest BCUT2D eigenvalue weighted by atomic mass is 9.98. The summed E-state index contributed by atoms with van der Waals surface area (Å²) in [7, 11) is 1.46. The van der Waals surface area contributed by atoms with E-state index in [1.807, 2.05) is 0 Å². The quantitative estimate of drug-likeness (QED) is 0.287. The van der Waals surface area contributed by atoms with E-state index >= 15 is 0 Å². The highest BCUT2D eigenvalue weighted by Crippen LogP contribution is 2.38. The molecular weight excluding hydrogens is 478 g/mol. The van der Waals surface area contributed by atoms with E-state index in [1.54, 1.807) is 32.0 Å². The van der Waals surface area contributed by atoms with Gasteiger partial charge in [-0.15, -0.1) is 0 Å². The summed E-state index contributed by atoms with van der Waals surface area (Å²) >= 11 is 0. The van der Waals surface area contributed by atoms with Gasteiger partial charge in [-0.2, -0.15) is 26.3 Å². The first kappa shape index (κ1) is 26.0. The Morgan fingerprint density at radius 1 is 1.03 bits per heavy atom. The van der Waals surface area contributed by atoms with Crippen LogP contribution in [-0.2, 0) is 23.5 Å². The first-order valence-electron chi connectivity index (χ1n) is 10.2. The van der Waals surface area contributed by atoms with Gasteiger partial charge in [-0.25, -0.2) is 4.79 Å². The molecule has 0 aliphatic heterocycles. The molecule has 0 atom stereocenters. The zero-order valence-electron chi connectivity index (χ0n) is 19.0. The second-order valence-electron chi connectivity index (χ2n) is 8.35. The molecule has 5 nitrogen and oxygen atoms in total. The van der Waals surface area contributed by atoms with Gasteiger partial charge < -0.3 is 14.8 Å². The van der Waals surface area contributed by atoms with Gasteiger partial charge in [0.25, 0.3) is 0 Å². The van der Waals surface area contributed by atoms with Crippen molar-refractivity contribution in [2.24, 2.45) is 0 Å². The molecule has 35 heavy (non-hydrogen) atoms. The summed E-state index contributed by atoms with van der Waals surface area (Å²) in [5.74, 6) is 0.493. The minimum atomic E-state index is -5.04. The number of hydrogen-bond donors (Lipinski definition) is 1. The number of nitrogens with zero attached hydrogens (tertiary/aromatic N) is 1. The number of carbonyl (C=O) groups is 1. The molecule has 1 heterocycles. The average molecular weight is 500 g/mol. The van der Waals surface area contributed by atoms with Crippen molar-refractivity contribution in [1.29, 1.82) is 0 Å². The van der Waals surface area contributed by atoms with Gasteiger partial charge in [0.15, 0.2) is 0 Å². The summed E-state index contributed by atoms with van der Waals surface area (Å²) in [6, 6.07) is 4.76. The number of aromatic nitrogens is 1. The van der Waals surface area contributed by atoms with Crippen molar-refractivity contribution in [3.8, 4) is 5.75 Å². The molecule has 0 radical (unpaired) electrons. The van der Waals surface area contributed by atoms with Crippen molar-refractivity contribution < 1.29 is 40.6 Å². The molecule has 11 heteroatoms. The number of amides is 1. The van der Waals surface area contributed by atoms with E-state index in [4.69, 9.17) is 9.47 Å². The van der Waals surface area contributed by atoms with Crippen LogP contribution in [0.1, 0.15) is 30.5 Å². The fourth-order valence-electron chi connectivity index (χ4n) is 3.65. The van der Waals surface area contributed by atoms with E-state index in [2.05, 4.69) is 11.9 Å². The molecule has 0 saturated heterocycles. The third kappa shape index (κ3) is 5.90. The first-order valence-corrected chi connectivity index (χ1v) is 10.2. The molecule has 0 unspecified atom stereocenters. The van der Waals surface area contributed by atoms with Crippen molar-refractivity contribution in [2.45, 2.75) is 38.2 Å². The number of alkyl halides is 6. The highest BCUT2D eigenvalue weighted by Gasteiger charge is 2.37. The first-order chi connectivity index (χ1) is 16.1. The van der Waals surface area contributed by atoms with E-state index < -0.39 is 40.8 Å². The lowest BCUT2D eigenvalue weighted by Gasteiger charge is -2.23. The molecule has 0 fully saturated rings. The molecular formula is C24H22F6N2O3. The summed E-state index contributed by atoms with van der Waals surface area (Å²) in [6.07, 6.45) is -7.04. The highest BCUT2D eigenvalue weighted by atomic mass is 19.4. The van der Waals surface area contributed by atoms with E-state index in [1.165, 1.54) is 19.6 Å². The summed E-state index contributed by atoms with van der Waals surface area (Å²) in [5.41, 5.74) is -3.42. The topological polar surface area (TPSA) is 52.5 Å². The number of fused-ring (bicyclic) bond motifs is 1. The number of carbonyl (C=O) groups excluding carboxylic acids is 1. The maximum Gasteiger partial charge on any atom is 0.416 e. The summed E-state index contributed by atoms with van der Waals surface area (Å²) in [5, 5.41) is 2.75. The molecule has 0 bridgehead atoms. The Morgan fingerprint density at radius 2 is 1.63 bits per heavy atom. The van der Waals surface area contributed by atoms with Crippen LogP contribution in [0, 0.1) is 0 Å². The number of anilines is 1. The summed E-state index contributed by atoms with van der Waals surface area (Å²) in [4.78, 5) is 13.0. The number of benzene rings is 2. The molecule has 0 aliphatic rings. The van der Waals surface area contributed by atoms with Crippen LogP contribution in [0.3, 0.4) is 0 Å². The Labute approximate surface area is 196 Å². The van der Waals surface area contributed by atoms with Gasteiger partial charge in [-0.05, 0) is 55.8 Å². The lowest BCUT2D eigenvalue weighted by molar-refractivity contribution is -0.143. The normalized spacial score (nSPS) is 12.5. The summed E-state index contributed by atoms with van der Waals surface area (Å²) in [6.45, 7) is 7.12. The van der Waals surface area contributed by atoms with Crippen molar-refractivity contribution in [2.75, 3.05) is 12.4 Å².